The number of carbonyl (C=O) groups is 2. The molecule has 0 atom stereocenters. The smallest absolute Gasteiger partial charge is 0.410 e. The molecule has 3 N–H and O–H groups in total. The van der Waals surface area contributed by atoms with Crippen LogP contribution in [-0.4, -0.2) is 53.8 Å². The van der Waals surface area contributed by atoms with Crippen molar-refractivity contribution in [3.8, 4) is 0 Å². The number of anilines is 2. The maximum absolute atomic E-state index is 13.9. The average molecular weight is 339 g/mol. The number of benzene rings is 1. The summed E-state index contributed by atoms with van der Waals surface area (Å²) in [5, 5.41) is 8.94. The molecule has 132 valence electrons. The molecular weight excluding hydrogens is 317 g/mol. The largest absolute Gasteiger partial charge is 0.478 e. The second kappa shape index (κ2) is 6.54. The molecule has 2 rings (SSSR count). The lowest BCUT2D eigenvalue weighted by atomic mass is 10.1. The highest BCUT2D eigenvalue weighted by atomic mass is 19.1. The Kier molecular flexibility index (Phi) is 4.86. The minimum atomic E-state index is -1.40. The first kappa shape index (κ1) is 17.8. The molecular formula is C16H22FN3O4. The molecule has 0 aliphatic carbocycles. The number of amides is 1. The predicted molar refractivity (Wildman–Crippen MR) is 87.8 cm³/mol. The van der Waals surface area contributed by atoms with Crippen molar-refractivity contribution in [3.05, 3.63) is 23.5 Å². The van der Waals surface area contributed by atoms with Gasteiger partial charge in [0.15, 0.2) is 0 Å². The van der Waals surface area contributed by atoms with E-state index in [9.17, 15) is 14.0 Å². The molecule has 0 spiro atoms. The Morgan fingerprint density at radius 3 is 2.25 bits per heavy atom. The SMILES string of the molecule is CC(C)(C)OC(=O)N1CCN(c2cc(N)c(C(=O)O)c(F)c2)CC1. The third kappa shape index (κ3) is 4.06. The number of hydrogen-bond donors (Lipinski definition) is 2. The maximum atomic E-state index is 13.9. The van der Waals surface area contributed by atoms with Gasteiger partial charge < -0.3 is 25.4 Å². The van der Waals surface area contributed by atoms with Gasteiger partial charge in [-0.1, -0.05) is 0 Å². The van der Waals surface area contributed by atoms with Crippen LogP contribution in [0.3, 0.4) is 0 Å². The quantitative estimate of drug-likeness (QED) is 0.802. The van der Waals surface area contributed by atoms with Crippen LogP contribution in [0.1, 0.15) is 31.1 Å². The zero-order valence-electron chi connectivity index (χ0n) is 14.0. The van der Waals surface area contributed by atoms with Gasteiger partial charge in [-0.2, -0.15) is 0 Å². The van der Waals surface area contributed by atoms with E-state index < -0.39 is 23.0 Å². The van der Waals surface area contributed by atoms with Crippen LogP contribution in [0.15, 0.2) is 12.1 Å². The zero-order valence-corrected chi connectivity index (χ0v) is 14.0. The van der Waals surface area contributed by atoms with Crippen molar-refractivity contribution < 1.29 is 23.8 Å². The molecule has 1 amide bonds. The van der Waals surface area contributed by atoms with Crippen molar-refractivity contribution in [2.24, 2.45) is 0 Å². The topological polar surface area (TPSA) is 96.1 Å². The summed E-state index contributed by atoms with van der Waals surface area (Å²) in [6, 6.07) is 2.60. The molecule has 1 aliphatic rings. The lowest BCUT2D eigenvalue weighted by molar-refractivity contribution is 0.0240. The standard InChI is InChI=1S/C16H22FN3O4/c1-16(2,3)24-15(23)20-6-4-19(5-7-20)10-8-11(17)13(14(21)22)12(18)9-10/h8-9H,4-7,18H2,1-3H3,(H,21,22). The van der Waals surface area contributed by atoms with E-state index in [1.165, 1.54) is 6.07 Å². The van der Waals surface area contributed by atoms with Gasteiger partial charge in [0.05, 0.1) is 5.69 Å². The lowest BCUT2D eigenvalue weighted by Gasteiger charge is -2.36. The zero-order chi connectivity index (χ0) is 18.1. The highest BCUT2D eigenvalue weighted by molar-refractivity contribution is 5.94. The van der Waals surface area contributed by atoms with Crippen LogP contribution in [0.25, 0.3) is 0 Å². The summed E-state index contributed by atoms with van der Waals surface area (Å²) in [6.45, 7) is 7.22. The van der Waals surface area contributed by atoms with Crippen molar-refractivity contribution in [2.45, 2.75) is 26.4 Å². The highest BCUT2D eigenvalue weighted by Crippen LogP contribution is 2.26. The highest BCUT2D eigenvalue weighted by Gasteiger charge is 2.27. The van der Waals surface area contributed by atoms with Crippen molar-refractivity contribution in [1.29, 1.82) is 0 Å². The Labute approximate surface area is 139 Å². The molecule has 0 bridgehead atoms. The van der Waals surface area contributed by atoms with E-state index in [0.717, 1.165) is 6.07 Å². The average Bonchev–Trinajstić information content (AvgIpc) is 2.44. The molecule has 1 aliphatic heterocycles. The first-order chi connectivity index (χ1) is 11.1. The van der Waals surface area contributed by atoms with Gasteiger partial charge in [-0.05, 0) is 32.9 Å². The Bertz CT molecular complexity index is 626. The van der Waals surface area contributed by atoms with Gasteiger partial charge in [-0.25, -0.2) is 14.0 Å². The van der Waals surface area contributed by atoms with Gasteiger partial charge in [0, 0.05) is 31.9 Å². The van der Waals surface area contributed by atoms with Crippen molar-refractivity contribution in [3.63, 3.8) is 0 Å². The summed E-state index contributed by atoms with van der Waals surface area (Å²) in [5.74, 6) is -2.27. The first-order valence-corrected chi connectivity index (χ1v) is 7.63. The number of piperazine rings is 1. The number of carboxylic acids is 1. The third-order valence-corrected chi connectivity index (χ3v) is 3.62. The molecule has 0 aromatic heterocycles. The van der Waals surface area contributed by atoms with E-state index in [1.807, 2.05) is 4.90 Å². The number of nitrogens with zero attached hydrogens (tertiary/aromatic N) is 2. The number of carboxylic acid groups (broad SMARTS) is 1. The van der Waals surface area contributed by atoms with E-state index in [2.05, 4.69) is 0 Å². The van der Waals surface area contributed by atoms with E-state index in [-0.39, 0.29) is 11.8 Å². The first-order valence-electron chi connectivity index (χ1n) is 7.63. The Hall–Kier alpha value is -2.51. The molecule has 1 aromatic carbocycles. The third-order valence-electron chi connectivity index (χ3n) is 3.62. The van der Waals surface area contributed by atoms with E-state index in [4.69, 9.17) is 15.6 Å². The maximum Gasteiger partial charge on any atom is 0.410 e. The monoisotopic (exact) mass is 339 g/mol. The van der Waals surface area contributed by atoms with Crippen LogP contribution in [0.5, 0.6) is 0 Å². The van der Waals surface area contributed by atoms with Gasteiger partial charge in [0.1, 0.15) is 17.0 Å². The molecule has 8 heteroatoms. The molecule has 1 aromatic rings. The van der Waals surface area contributed by atoms with Crippen LogP contribution in [-0.2, 0) is 4.74 Å². The van der Waals surface area contributed by atoms with Crippen LogP contribution in [0, 0.1) is 5.82 Å². The molecule has 0 radical (unpaired) electrons. The normalized spacial score (nSPS) is 15.3. The van der Waals surface area contributed by atoms with Crippen LogP contribution in [0.4, 0.5) is 20.6 Å². The van der Waals surface area contributed by atoms with E-state index in [0.29, 0.717) is 31.9 Å². The van der Waals surface area contributed by atoms with Gasteiger partial charge >= 0.3 is 12.1 Å². The number of rotatable bonds is 2. The second-order valence-corrected chi connectivity index (χ2v) is 6.65. The van der Waals surface area contributed by atoms with Gasteiger partial charge in [-0.3, -0.25) is 0 Å². The number of ether oxygens (including phenoxy) is 1. The number of nitrogen functional groups attached to an aromatic ring is 1. The fourth-order valence-electron chi connectivity index (χ4n) is 2.49. The Morgan fingerprint density at radius 2 is 1.79 bits per heavy atom. The van der Waals surface area contributed by atoms with Crippen molar-refractivity contribution >= 4 is 23.4 Å². The van der Waals surface area contributed by atoms with Gasteiger partial charge in [0.2, 0.25) is 0 Å². The number of aromatic carboxylic acids is 1. The van der Waals surface area contributed by atoms with Crippen LogP contribution >= 0.6 is 0 Å². The summed E-state index contributed by atoms with van der Waals surface area (Å²) in [5.41, 5.74) is 4.94. The fourth-order valence-corrected chi connectivity index (χ4v) is 2.49. The van der Waals surface area contributed by atoms with E-state index in [1.54, 1.807) is 25.7 Å². The number of hydrogen-bond acceptors (Lipinski definition) is 5. The summed E-state index contributed by atoms with van der Waals surface area (Å²) < 4.78 is 19.3. The molecule has 1 saturated heterocycles. The molecule has 7 nitrogen and oxygen atoms in total. The molecule has 0 saturated carbocycles. The van der Waals surface area contributed by atoms with Crippen LogP contribution in [0.2, 0.25) is 0 Å². The second-order valence-electron chi connectivity index (χ2n) is 6.65. The minimum absolute atomic E-state index is 0.118. The molecule has 1 fully saturated rings. The number of carbonyl (C=O) groups excluding carboxylic acids is 1. The van der Waals surface area contributed by atoms with Crippen molar-refractivity contribution in [2.75, 3.05) is 36.8 Å². The lowest BCUT2D eigenvalue weighted by Crippen LogP contribution is -2.50. The predicted octanol–water partition coefficient (Wildman–Crippen LogP) is 2.16. The van der Waals surface area contributed by atoms with Gasteiger partial charge in [0.25, 0.3) is 0 Å². The van der Waals surface area contributed by atoms with Crippen molar-refractivity contribution in [1.82, 2.24) is 4.90 Å². The fraction of sp³-hybridized carbons (Fsp3) is 0.500. The van der Waals surface area contributed by atoms with Gasteiger partial charge in [-0.15, -0.1) is 0 Å². The Morgan fingerprint density at radius 1 is 1.21 bits per heavy atom. The molecule has 24 heavy (non-hydrogen) atoms. The minimum Gasteiger partial charge on any atom is -0.478 e. The molecule has 0 unspecified atom stereocenters. The number of halogens is 1. The summed E-state index contributed by atoms with van der Waals surface area (Å²) >= 11 is 0. The summed E-state index contributed by atoms with van der Waals surface area (Å²) in [4.78, 5) is 26.4. The van der Waals surface area contributed by atoms with E-state index >= 15 is 0 Å². The summed E-state index contributed by atoms with van der Waals surface area (Å²) in [6.07, 6.45) is -0.380. The Balaban J connectivity index is 2.05. The summed E-state index contributed by atoms with van der Waals surface area (Å²) in [7, 11) is 0. The molecule has 1 heterocycles. The van der Waals surface area contributed by atoms with Crippen LogP contribution < -0.4 is 10.6 Å². The number of nitrogens with two attached hydrogens (primary N) is 1.